The highest BCUT2D eigenvalue weighted by Gasteiger charge is 2.26. The summed E-state index contributed by atoms with van der Waals surface area (Å²) in [5.41, 5.74) is 8.15. The van der Waals surface area contributed by atoms with Gasteiger partial charge < -0.3 is 11.1 Å². The Balaban J connectivity index is 0.00000484. The molecule has 1 amide bonds. The topological polar surface area (TPSA) is 72.2 Å². The van der Waals surface area contributed by atoms with Gasteiger partial charge in [0.1, 0.15) is 0 Å². The van der Waals surface area contributed by atoms with E-state index in [1.165, 1.54) is 0 Å². The van der Waals surface area contributed by atoms with Gasteiger partial charge in [-0.25, -0.2) is 0 Å². The molecule has 0 atom stereocenters. The van der Waals surface area contributed by atoms with Crippen LogP contribution in [0.4, 0.5) is 0 Å². The predicted molar refractivity (Wildman–Crippen MR) is 97.2 cm³/mol. The number of aryl methyl sites for hydroxylation is 2. The average molecular weight is 341 g/mol. The van der Waals surface area contributed by atoms with Crippen LogP contribution in [0.3, 0.4) is 0 Å². The molecule has 4 nitrogen and oxygen atoms in total. The van der Waals surface area contributed by atoms with Crippen molar-refractivity contribution in [1.82, 2.24) is 5.32 Å². The molecule has 0 fully saturated rings. The Kier molecular flexibility index (Phi) is 9.10. The second kappa shape index (κ2) is 9.68. The molecule has 0 aliphatic carbocycles. The molecule has 0 aliphatic rings. The molecule has 0 bridgehead atoms. The van der Waals surface area contributed by atoms with Crippen molar-refractivity contribution in [3.05, 3.63) is 34.9 Å². The molecule has 23 heavy (non-hydrogen) atoms. The number of Topliss-reactive ketones (excluding diaryl/α,β-unsaturated/α-hetero) is 1. The fourth-order valence-corrected chi connectivity index (χ4v) is 2.52. The summed E-state index contributed by atoms with van der Waals surface area (Å²) in [6, 6.07) is 5.81. The standard InChI is InChI=1S/C18H28N2O2.ClH/c1-5-18(6-2,12-19)20-17(22)10-9-16(21)15-11-13(3)7-8-14(15)4;/h7-8,11H,5-6,9-10,12,19H2,1-4H3,(H,20,22);1H. The lowest BCUT2D eigenvalue weighted by molar-refractivity contribution is -0.123. The molecule has 0 spiro atoms. The van der Waals surface area contributed by atoms with Crippen molar-refractivity contribution in [2.45, 2.75) is 58.9 Å². The molecular weight excluding hydrogens is 312 g/mol. The van der Waals surface area contributed by atoms with Crippen LogP contribution in [-0.2, 0) is 4.79 Å². The van der Waals surface area contributed by atoms with Gasteiger partial charge in [-0.2, -0.15) is 0 Å². The Morgan fingerprint density at radius 3 is 2.26 bits per heavy atom. The van der Waals surface area contributed by atoms with Gasteiger partial charge in [0, 0.05) is 24.9 Å². The molecule has 1 aromatic rings. The van der Waals surface area contributed by atoms with Crippen molar-refractivity contribution in [1.29, 1.82) is 0 Å². The van der Waals surface area contributed by atoms with Gasteiger partial charge >= 0.3 is 0 Å². The second-order valence-corrected chi connectivity index (χ2v) is 5.98. The molecule has 3 N–H and O–H groups in total. The highest BCUT2D eigenvalue weighted by Crippen LogP contribution is 2.16. The lowest BCUT2D eigenvalue weighted by atomic mass is 9.92. The summed E-state index contributed by atoms with van der Waals surface area (Å²) in [4.78, 5) is 24.4. The van der Waals surface area contributed by atoms with Crippen LogP contribution >= 0.6 is 12.4 Å². The Bertz CT molecular complexity index is 532. The van der Waals surface area contributed by atoms with E-state index >= 15 is 0 Å². The lowest BCUT2D eigenvalue weighted by Gasteiger charge is -2.31. The Labute approximate surface area is 145 Å². The van der Waals surface area contributed by atoms with E-state index in [0.717, 1.165) is 24.0 Å². The van der Waals surface area contributed by atoms with Crippen LogP contribution in [0, 0.1) is 13.8 Å². The Hall–Kier alpha value is -1.39. The number of rotatable bonds is 8. The lowest BCUT2D eigenvalue weighted by Crippen LogP contribution is -2.52. The third kappa shape index (κ3) is 5.96. The molecule has 0 saturated heterocycles. The number of hydrogen-bond donors (Lipinski definition) is 2. The average Bonchev–Trinajstić information content (AvgIpc) is 2.52. The maximum atomic E-state index is 12.3. The first-order valence-electron chi connectivity index (χ1n) is 7.99. The number of amides is 1. The number of hydrogen-bond acceptors (Lipinski definition) is 3. The van der Waals surface area contributed by atoms with Gasteiger partial charge in [-0.15, -0.1) is 12.4 Å². The van der Waals surface area contributed by atoms with E-state index in [9.17, 15) is 9.59 Å². The molecule has 0 aliphatic heterocycles. The van der Waals surface area contributed by atoms with Crippen molar-refractivity contribution < 1.29 is 9.59 Å². The van der Waals surface area contributed by atoms with Crippen molar-refractivity contribution in [2.75, 3.05) is 6.54 Å². The monoisotopic (exact) mass is 340 g/mol. The molecule has 0 heterocycles. The number of nitrogens with one attached hydrogen (secondary N) is 1. The summed E-state index contributed by atoms with van der Waals surface area (Å²) in [6.07, 6.45) is 2.01. The van der Waals surface area contributed by atoms with Crippen LogP contribution in [0.2, 0.25) is 0 Å². The molecular formula is C18H29ClN2O2. The first-order chi connectivity index (χ1) is 10.4. The van der Waals surface area contributed by atoms with Crippen molar-refractivity contribution in [2.24, 2.45) is 5.73 Å². The first-order valence-corrected chi connectivity index (χ1v) is 7.99. The van der Waals surface area contributed by atoms with E-state index < -0.39 is 0 Å². The first kappa shape index (κ1) is 21.6. The van der Waals surface area contributed by atoms with E-state index in [1.807, 2.05) is 45.9 Å². The molecule has 1 aromatic carbocycles. The van der Waals surface area contributed by atoms with E-state index in [4.69, 9.17) is 5.73 Å². The minimum absolute atomic E-state index is 0. The maximum absolute atomic E-state index is 12.3. The zero-order chi connectivity index (χ0) is 16.8. The summed E-state index contributed by atoms with van der Waals surface area (Å²) in [5.74, 6) is -0.0875. The number of carbonyl (C=O) groups is 2. The maximum Gasteiger partial charge on any atom is 0.220 e. The highest BCUT2D eigenvalue weighted by atomic mass is 35.5. The third-order valence-electron chi connectivity index (χ3n) is 4.42. The molecule has 130 valence electrons. The van der Waals surface area contributed by atoms with E-state index in [-0.39, 0.29) is 42.5 Å². The van der Waals surface area contributed by atoms with Gasteiger partial charge in [-0.3, -0.25) is 9.59 Å². The smallest absolute Gasteiger partial charge is 0.220 e. The van der Waals surface area contributed by atoms with Gasteiger partial charge in [0.2, 0.25) is 5.91 Å². The molecule has 5 heteroatoms. The van der Waals surface area contributed by atoms with Crippen molar-refractivity contribution in [3.63, 3.8) is 0 Å². The number of halogens is 1. The van der Waals surface area contributed by atoms with E-state index in [2.05, 4.69) is 5.32 Å². The van der Waals surface area contributed by atoms with Crippen LogP contribution in [0.5, 0.6) is 0 Å². The van der Waals surface area contributed by atoms with Crippen LogP contribution in [0.25, 0.3) is 0 Å². The number of carbonyl (C=O) groups excluding carboxylic acids is 2. The molecule has 0 unspecified atom stereocenters. The summed E-state index contributed by atoms with van der Waals surface area (Å²) in [6.45, 7) is 8.31. The fourth-order valence-electron chi connectivity index (χ4n) is 2.52. The zero-order valence-electron chi connectivity index (χ0n) is 14.6. The Morgan fingerprint density at radius 1 is 1.13 bits per heavy atom. The summed E-state index contributed by atoms with van der Waals surface area (Å²) in [5, 5.41) is 3.00. The van der Waals surface area contributed by atoms with Crippen LogP contribution in [-0.4, -0.2) is 23.8 Å². The van der Waals surface area contributed by atoms with Gasteiger partial charge in [0.05, 0.1) is 5.54 Å². The van der Waals surface area contributed by atoms with E-state index in [1.54, 1.807) is 0 Å². The van der Waals surface area contributed by atoms with Gasteiger partial charge in [0.15, 0.2) is 5.78 Å². The van der Waals surface area contributed by atoms with E-state index in [0.29, 0.717) is 12.1 Å². The third-order valence-corrected chi connectivity index (χ3v) is 4.42. The largest absolute Gasteiger partial charge is 0.349 e. The van der Waals surface area contributed by atoms with Crippen molar-refractivity contribution >= 4 is 24.1 Å². The molecule has 1 rings (SSSR count). The number of ketones is 1. The van der Waals surface area contributed by atoms with Crippen LogP contribution in [0.1, 0.15) is 61.0 Å². The second-order valence-electron chi connectivity index (χ2n) is 5.98. The predicted octanol–water partition coefficient (Wildman–Crippen LogP) is 3.32. The minimum Gasteiger partial charge on any atom is -0.349 e. The fraction of sp³-hybridized carbons (Fsp3) is 0.556. The molecule has 0 radical (unpaired) electrons. The molecule has 0 aromatic heterocycles. The van der Waals surface area contributed by atoms with Gasteiger partial charge in [-0.05, 0) is 38.3 Å². The molecule has 0 saturated carbocycles. The zero-order valence-corrected chi connectivity index (χ0v) is 15.4. The number of benzene rings is 1. The summed E-state index contributed by atoms with van der Waals surface area (Å²) in [7, 11) is 0. The number of nitrogens with two attached hydrogens (primary N) is 1. The van der Waals surface area contributed by atoms with Crippen molar-refractivity contribution in [3.8, 4) is 0 Å². The summed E-state index contributed by atoms with van der Waals surface area (Å²) < 4.78 is 0. The van der Waals surface area contributed by atoms with Crippen LogP contribution in [0.15, 0.2) is 18.2 Å². The normalized spacial score (nSPS) is 10.8. The van der Waals surface area contributed by atoms with Gasteiger partial charge in [0.25, 0.3) is 0 Å². The minimum atomic E-state index is -0.348. The highest BCUT2D eigenvalue weighted by molar-refractivity contribution is 5.99. The SMILES string of the molecule is CCC(CC)(CN)NC(=O)CCC(=O)c1cc(C)ccc1C.Cl. The summed E-state index contributed by atoms with van der Waals surface area (Å²) >= 11 is 0. The van der Waals surface area contributed by atoms with Crippen LogP contribution < -0.4 is 11.1 Å². The Morgan fingerprint density at radius 2 is 1.74 bits per heavy atom. The van der Waals surface area contributed by atoms with Gasteiger partial charge in [-0.1, -0.05) is 31.5 Å². The quantitative estimate of drug-likeness (QED) is 0.713.